The molecule has 2 N–H and O–H groups in total. The van der Waals surface area contributed by atoms with Gasteiger partial charge < -0.3 is 20.1 Å². The van der Waals surface area contributed by atoms with E-state index in [1.807, 2.05) is 0 Å². The van der Waals surface area contributed by atoms with Crippen molar-refractivity contribution in [1.29, 1.82) is 0 Å². The van der Waals surface area contributed by atoms with E-state index in [-0.39, 0.29) is 5.91 Å². The third kappa shape index (κ3) is 7.63. The third-order valence-corrected chi connectivity index (χ3v) is 3.13. The minimum Gasteiger partial charge on any atom is -0.382 e. The summed E-state index contributed by atoms with van der Waals surface area (Å²) in [6.07, 6.45) is 5.30. The van der Waals surface area contributed by atoms with Crippen molar-refractivity contribution in [1.82, 2.24) is 10.6 Å². The molecule has 0 saturated carbocycles. The number of piperidine rings is 1. The van der Waals surface area contributed by atoms with Crippen LogP contribution in [-0.2, 0) is 14.3 Å². The van der Waals surface area contributed by atoms with Crippen molar-refractivity contribution in [2.75, 3.05) is 40.0 Å². The highest BCUT2D eigenvalue weighted by molar-refractivity contribution is 5.75. The number of hydrogen-bond acceptors (Lipinski definition) is 4. The van der Waals surface area contributed by atoms with Crippen LogP contribution in [0.1, 0.15) is 32.1 Å². The first kappa shape index (κ1) is 15.4. The Bertz CT molecular complexity index is 218. The van der Waals surface area contributed by atoms with Crippen LogP contribution in [0.2, 0.25) is 0 Å². The van der Waals surface area contributed by atoms with Gasteiger partial charge in [-0.05, 0) is 25.8 Å². The summed E-state index contributed by atoms with van der Waals surface area (Å²) in [5.74, 6) is 0.123. The molecular formula is C13H26N2O3. The summed E-state index contributed by atoms with van der Waals surface area (Å²) in [5, 5.41) is 6.31. The lowest BCUT2D eigenvalue weighted by Gasteiger charge is -2.23. The number of carbonyl (C=O) groups excluding carboxylic acids is 1. The summed E-state index contributed by atoms with van der Waals surface area (Å²) in [6.45, 7) is 3.41. The predicted molar refractivity (Wildman–Crippen MR) is 70.6 cm³/mol. The number of carbonyl (C=O) groups is 1. The summed E-state index contributed by atoms with van der Waals surface area (Å²) >= 11 is 0. The minimum atomic E-state index is 0.123. The number of ether oxygens (including phenoxy) is 2. The molecule has 1 saturated heterocycles. The van der Waals surface area contributed by atoms with Gasteiger partial charge in [0.15, 0.2) is 0 Å². The monoisotopic (exact) mass is 258 g/mol. The Hall–Kier alpha value is -0.650. The SMILES string of the molecule is COCCOCCNC(=O)CCC1CCCCN1. The standard InChI is InChI=1S/C13H26N2O3/c1-17-10-11-18-9-8-15-13(16)6-5-12-4-2-3-7-14-12/h12,14H,2-11H2,1H3,(H,15,16). The fourth-order valence-electron chi connectivity index (χ4n) is 2.07. The molecule has 0 aliphatic carbocycles. The molecule has 0 spiro atoms. The second-order valence-electron chi connectivity index (χ2n) is 4.64. The Morgan fingerprint density at radius 1 is 1.33 bits per heavy atom. The molecule has 1 unspecified atom stereocenters. The molecule has 0 radical (unpaired) electrons. The Balaban J connectivity index is 1.90. The van der Waals surface area contributed by atoms with Crippen LogP contribution in [0.3, 0.4) is 0 Å². The highest BCUT2D eigenvalue weighted by Crippen LogP contribution is 2.11. The highest BCUT2D eigenvalue weighted by atomic mass is 16.5. The van der Waals surface area contributed by atoms with E-state index in [2.05, 4.69) is 10.6 Å². The van der Waals surface area contributed by atoms with E-state index in [1.54, 1.807) is 7.11 Å². The van der Waals surface area contributed by atoms with Gasteiger partial charge in [-0.15, -0.1) is 0 Å². The highest BCUT2D eigenvalue weighted by Gasteiger charge is 2.13. The summed E-state index contributed by atoms with van der Waals surface area (Å²) in [4.78, 5) is 11.6. The van der Waals surface area contributed by atoms with Gasteiger partial charge in [-0.2, -0.15) is 0 Å². The quantitative estimate of drug-likeness (QED) is 0.597. The second-order valence-corrected chi connectivity index (χ2v) is 4.64. The van der Waals surface area contributed by atoms with Crippen molar-refractivity contribution in [2.24, 2.45) is 0 Å². The van der Waals surface area contributed by atoms with Crippen LogP contribution >= 0.6 is 0 Å². The van der Waals surface area contributed by atoms with Crippen LogP contribution in [0, 0.1) is 0 Å². The van der Waals surface area contributed by atoms with Gasteiger partial charge in [0, 0.05) is 26.1 Å². The average Bonchev–Trinajstić information content (AvgIpc) is 2.41. The van der Waals surface area contributed by atoms with Gasteiger partial charge >= 0.3 is 0 Å². The van der Waals surface area contributed by atoms with Gasteiger partial charge in [-0.1, -0.05) is 6.42 Å². The van der Waals surface area contributed by atoms with Crippen LogP contribution in [0.5, 0.6) is 0 Å². The van der Waals surface area contributed by atoms with Gasteiger partial charge in [0.05, 0.1) is 19.8 Å². The van der Waals surface area contributed by atoms with Gasteiger partial charge in [-0.25, -0.2) is 0 Å². The first-order valence-electron chi connectivity index (χ1n) is 6.89. The molecule has 5 nitrogen and oxygen atoms in total. The third-order valence-electron chi connectivity index (χ3n) is 3.13. The molecule has 1 atom stereocenters. The molecule has 1 heterocycles. The van der Waals surface area contributed by atoms with E-state index in [4.69, 9.17) is 9.47 Å². The molecule has 5 heteroatoms. The van der Waals surface area contributed by atoms with Crippen molar-refractivity contribution < 1.29 is 14.3 Å². The molecule has 18 heavy (non-hydrogen) atoms. The first-order chi connectivity index (χ1) is 8.83. The lowest BCUT2D eigenvalue weighted by molar-refractivity contribution is -0.121. The van der Waals surface area contributed by atoms with Gasteiger partial charge in [-0.3, -0.25) is 4.79 Å². The van der Waals surface area contributed by atoms with Crippen LogP contribution in [0.25, 0.3) is 0 Å². The Morgan fingerprint density at radius 2 is 2.22 bits per heavy atom. The molecule has 106 valence electrons. The topological polar surface area (TPSA) is 59.6 Å². The zero-order valence-corrected chi connectivity index (χ0v) is 11.4. The molecule has 1 rings (SSSR count). The molecule has 1 aliphatic rings. The molecular weight excluding hydrogens is 232 g/mol. The summed E-state index contributed by atoms with van der Waals surface area (Å²) < 4.78 is 10.1. The van der Waals surface area contributed by atoms with E-state index >= 15 is 0 Å². The van der Waals surface area contributed by atoms with Gasteiger partial charge in [0.2, 0.25) is 5.91 Å². The molecule has 0 aromatic rings. The number of rotatable bonds is 9. The van der Waals surface area contributed by atoms with Crippen molar-refractivity contribution in [3.63, 3.8) is 0 Å². The predicted octanol–water partition coefficient (Wildman–Crippen LogP) is 0.688. The maximum Gasteiger partial charge on any atom is 0.220 e. The lowest BCUT2D eigenvalue weighted by Crippen LogP contribution is -2.35. The Labute approximate surface area is 110 Å². The lowest BCUT2D eigenvalue weighted by atomic mass is 10.0. The molecule has 0 aromatic heterocycles. The fraction of sp³-hybridized carbons (Fsp3) is 0.923. The summed E-state index contributed by atoms with van der Waals surface area (Å²) in [5.41, 5.74) is 0. The van der Waals surface area contributed by atoms with E-state index in [0.717, 1.165) is 13.0 Å². The summed E-state index contributed by atoms with van der Waals surface area (Å²) in [6, 6.07) is 0.530. The van der Waals surface area contributed by atoms with Crippen molar-refractivity contribution in [3.05, 3.63) is 0 Å². The van der Waals surface area contributed by atoms with Crippen molar-refractivity contribution >= 4 is 5.91 Å². The number of nitrogens with one attached hydrogen (secondary N) is 2. The van der Waals surface area contributed by atoms with Crippen LogP contribution in [0.15, 0.2) is 0 Å². The van der Waals surface area contributed by atoms with E-state index in [1.165, 1.54) is 19.3 Å². The molecule has 1 aliphatic heterocycles. The van der Waals surface area contributed by atoms with E-state index in [0.29, 0.717) is 38.8 Å². The zero-order chi connectivity index (χ0) is 13.1. The average molecular weight is 258 g/mol. The largest absolute Gasteiger partial charge is 0.382 e. The number of hydrogen-bond donors (Lipinski definition) is 2. The van der Waals surface area contributed by atoms with E-state index in [9.17, 15) is 4.79 Å². The minimum absolute atomic E-state index is 0.123. The fourth-order valence-corrected chi connectivity index (χ4v) is 2.07. The van der Waals surface area contributed by atoms with Crippen molar-refractivity contribution in [2.45, 2.75) is 38.1 Å². The van der Waals surface area contributed by atoms with Crippen molar-refractivity contribution in [3.8, 4) is 0 Å². The number of methoxy groups -OCH3 is 1. The molecule has 0 aromatic carbocycles. The van der Waals surface area contributed by atoms with Crippen LogP contribution in [0.4, 0.5) is 0 Å². The number of amides is 1. The van der Waals surface area contributed by atoms with Gasteiger partial charge in [0.1, 0.15) is 0 Å². The maximum absolute atomic E-state index is 11.6. The Kier molecular flexibility index (Phi) is 8.81. The van der Waals surface area contributed by atoms with Crippen LogP contribution in [-0.4, -0.2) is 52.0 Å². The molecule has 1 fully saturated rings. The zero-order valence-electron chi connectivity index (χ0n) is 11.4. The normalized spacial score (nSPS) is 19.7. The molecule has 0 bridgehead atoms. The summed E-state index contributed by atoms with van der Waals surface area (Å²) in [7, 11) is 1.64. The second kappa shape index (κ2) is 10.3. The van der Waals surface area contributed by atoms with Gasteiger partial charge in [0.25, 0.3) is 0 Å². The molecule has 1 amide bonds. The Morgan fingerprint density at radius 3 is 2.94 bits per heavy atom. The maximum atomic E-state index is 11.6. The smallest absolute Gasteiger partial charge is 0.220 e. The van der Waals surface area contributed by atoms with E-state index < -0.39 is 0 Å². The first-order valence-corrected chi connectivity index (χ1v) is 6.89. The van der Waals surface area contributed by atoms with Crippen LogP contribution < -0.4 is 10.6 Å².